The Labute approximate surface area is 106 Å². The molecule has 0 spiro atoms. The Morgan fingerprint density at radius 3 is 2.24 bits per heavy atom. The normalized spacial score (nSPS) is 30.5. The van der Waals surface area contributed by atoms with Crippen LogP contribution >= 0.6 is 11.8 Å². The average Bonchev–Trinajstić information content (AvgIpc) is 2.80. The van der Waals surface area contributed by atoms with Crippen molar-refractivity contribution in [2.24, 2.45) is 0 Å². The van der Waals surface area contributed by atoms with Crippen molar-refractivity contribution in [2.75, 3.05) is 0 Å². The molecule has 3 heteroatoms. The summed E-state index contributed by atoms with van der Waals surface area (Å²) in [6.45, 7) is 0. The van der Waals surface area contributed by atoms with Crippen molar-refractivity contribution in [3.05, 3.63) is 60.2 Å². The van der Waals surface area contributed by atoms with Gasteiger partial charge in [-0.05, 0) is 5.56 Å². The summed E-state index contributed by atoms with van der Waals surface area (Å²) in [5.41, 5.74) is 1.72. The fourth-order valence-electron chi connectivity index (χ4n) is 2.17. The maximum atomic E-state index is 3.58. The molecule has 1 aliphatic heterocycles. The van der Waals surface area contributed by atoms with E-state index >= 15 is 0 Å². The van der Waals surface area contributed by atoms with E-state index in [0.717, 1.165) is 5.75 Å². The average molecular weight is 244 g/mol. The quantitative estimate of drug-likeness (QED) is 0.853. The van der Waals surface area contributed by atoms with Crippen LogP contribution in [0.25, 0.3) is 0 Å². The third-order valence-corrected chi connectivity index (χ3v) is 4.19. The van der Waals surface area contributed by atoms with E-state index in [1.54, 1.807) is 0 Å². The summed E-state index contributed by atoms with van der Waals surface area (Å²) in [4.78, 5) is 0. The van der Waals surface area contributed by atoms with Crippen LogP contribution in [0.15, 0.2) is 54.6 Å². The van der Waals surface area contributed by atoms with E-state index in [1.807, 2.05) is 11.8 Å². The molecule has 88 valence electrons. The molecule has 0 bridgehead atoms. The van der Waals surface area contributed by atoms with Crippen LogP contribution in [0.2, 0.25) is 0 Å². The number of benzene rings is 1. The molecule has 3 rings (SSSR count). The van der Waals surface area contributed by atoms with Gasteiger partial charge >= 0.3 is 0 Å². The van der Waals surface area contributed by atoms with Gasteiger partial charge in [0.25, 0.3) is 0 Å². The molecular formula is C14H16N2S. The maximum absolute atomic E-state index is 3.58. The molecule has 2 aliphatic rings. The summed E-state index contributed by atoms with van der Waals surface area (Å²) < 4.78 is 0. The lowest BCUT2D eigenvalue weighted by atomic mass is 10.1. The van der Waals surface area contributed by atoms with E-state index in [-0.39, 0.29) is 0 Å². The van der Waals surface area contributed by atoms with Crippen LogP contribution in [-0.4, -0.2) is 17.6 Å². The van der Waals surface area contributed by atoms with E-state index < -0.39 is 0 Å². The highest BCUT2D eigenvalue weighted by molar-refractivity contribution is 7.99. The van der Waals surface area contributed by atoms with Crippen molar-refractivity contribution in [2.45, 2.75) is 23.3 Å². The van der Waals surface area contributed by atoms with Gasteiger partial charge in [-0.15, -0.1) is 11.8 Å². The predicted octanol–water partition coefficient (Wildman–Crippen LogP) is 2.26. The molecule has 0 radical (unpaired) electrons. The lowest BCUT2D eigenvalue weighted by Crippen LogP contribution is -2.30. The minimum Gasteiger partial charge on any atom is -0.285 e. The minimum atomic E-state index is 0.345. The number of nitrogens with one attached hydrogen (secondary N) is 2. The number of allylic oxidation sites excluding steroid dienone is 2. The van der Waals surface area contributed by atoms with Crippen molar-refractivity contribution < 1.29 is 0 Å². The first-order chi connectivity index (χ1) is 8.42. The Morgan fingerprint density at radius 1 is 0.941 bits per heavy atom. The fourth-order valence-corrected chi connectivity index (χ4v) is 3.23. The topological polar surface area (TPSA) is 24.1 Å². The van der Waals surface area contributed by atoms with Crippen LogP contribution in [0.3, 0.4) is 0 Å². The first-order valence-electron chi connectivity index (χ1n) is 5.94. The van der Waals surface area contributed by atoms with Crippen molar-refractivity contribution in [3.8, 4) is 0 Å². The molecule has 0 saturated carbocycles. The van der Waals surface area contributed by atoms with Gasteiger partial charge in [-0.1, -0.05) is 54.6 Å². The zero-order valence-corrected chi connectivity index (χ0v) is 10.4. The van der Waals surface area contributed by atoms with Crippen LogP contribution in [-0.2, 0) is 5.75 Å². The summed E-state index contributed by atoms with van der Waals surface area (Å²) >= 11 is 1.91. The SMILES string of the molecule is C1=CC2NC(SCc3ccccc3)NC2C=C1. The van der Waals surface area contributed by atoms with E-state index in [1.165, 1.54) is 5.56 Å². The van der Waals surface area contributed by atoms with Crippen LogP contribution < -0.4 is 10.6 Å². The highest BCUT2D eigenvalue weighted by Crippen LogP contribution is 2.21. The smallest absolute Gasteiger partial charge is 0.107 e. The number of fused-ring (bicyclic) bond motifs is 1. The Morgan fingerprint density at radius 2 is 1.59 bits per heavy atom. The number of rotatable bonds is 3. The molecule has 17 heavy (non-hydrogen) atoms. The monoisotopic (exact) mass is 244 g/mol. The lowest BCUT2D eigenvalue weighted by Gasteiger charge is -2.12. The summed E-state index contributed by atoms with van der Waals surface area (Å²) in [5, 5.41) is 7.15. The van der Waals surface area contributed by atoms with Gasteiger partial charge in [0.15, 0.2) is 0 Å². The van der Waals surface area contributed by atoms with Crippen molar-refractivity contribution in [1.29, 1.82) is 0 Å². The maximum Gasteiger partial charge on any atom is 0.107 e. The Kier molecular flexibility index (Phi) is 3.31. The van der Waals surface area contributed by atoms with E-state index in [0.29, 0.717) is 17.6 Å². The third-order valence-electron chi connectivity index (χ3n) is 3.08. The first-order valence-corrected chi connectivity index (χ1v) is 6.99. The molecule has 0 aromatic heterocycles. The second-order valence-corrected chi connectivity index (χ2v) is 5.42. The van der Waals surface area contributed by atoms with Crippen LogP contribution in [0.5, 0.6) is 0 Å². The van der Waals surface area contributed by atoms with Gasteiger partial charge in [-0.3, -0.25) is 10.6 Å². The number of thioether (sulfide) groups is 1. The lowest BCUT2D eigenvalue weighted by molar-refractivity contribution is 0.675. The van der Waals surface area contributed by atoms with E-state index in [2.05, 4.69) is 65.3 Å². The molecule has 0 amide bonds. The summed E-state index contributed by atoms with van der Waals surface area (Å²) in [6.07, 6.45) is 8.67. The van der Waals surface area contributed by atoms with Gasteiger partial charge in [0.1, 0.15) is 5.50 Å². The Bertz CT molecular complexity index is 407. The number of hydrogen-bond acceptors (Lipinski definition) is 3. The van der Waals surface area contributed by atoms with Crippen LogP contribution in [0, 0.1) is 0 Å². The molecule has 1 fully saturated rings. The van der Waals surface area contributed by atoms with E-state index in [4.69, 9.17) is 0 Å². The zero-order chi connectivity index (χ0) is 11.5. The van der Waals surface area contributed by atoms with Crippen molar-refractivity contribution in [3.63, 3.8) is 0 Å². The third kappa shape index (κ3) is 2.63. The van der Waals surface area contributed by atoms with E-state index in [9.17, 15) is 0 Å². The second-order valence-electron chi connectivity index (χ2n) is 4.33. The first kappa shape index (κ1) is 11.1. The van der Waals surface area contributed by atoms with Gasteiger partial charge < -0.3 is 0 Å². The molecule has 1 aromatic carbocycles. The number of hydrogen-bond donors (Lipinski definition) is 2. The standard InChI is InChI=1S/C14H16N2S/c1-2-6-11(7-3-1)10-17-14-15-12-8-4-5-9-13(12)16-14/h1-9,12-16H,10H2. The molecule has 2 atom stereocenters. The van der Waals surface area contributed by atoms with Crippen molar-refractivity contribution >= 4 is 11.8 Å². The predicted molar refractivity (Wildman–Crippen MR) is 73.7 cm³/mol. The van der Waals surface area contributed by atoms with Crippen LogP contribution in [0.4, 0.5) is 0 Å². The Balaban J connectivity index is 1.54. The second kappa shape index (κ2) is 5.08. The Hall–Kier alpha value is -1.03. The van der Waals surface area contributed by atoms with Gasteiger partial charge in [0.2, 0.25) is 0 Å². The highest BCUT2D eigenvalue weighted by Gasteiger charge is 2.30. The summed E-state index contributed by atoms with van der Waals surface area (Å²) in [5.74, 6) is 1.04. The zero-order valence-electron chi connectivity index (χ0n) is 9.54. The van der Waals surface area contributed by atoms with Crippen molar-refractivity contribution in [1.82, 2.24) is 10.6 Å². The van der Waals surface area contributed by atoms with Gasteiger partial charge in [-0.2, -0.15) is 0 Å². The molecule has 2 N–H and O–H groups in total. The van der Waals surface area contributed by atoms with Gasteiger partial charge in [0.05, 0.1) is 0 Å². The molecular weight excluding hydrogens is 228 g/mol. The molecule has 1 saturated heterocycles. The minimum absolute atomic E-state index is 0.345. The molecule has 2 unspecified atom stereocenters. The highest BCUT2D eigenvalue weighted by atomic mass is 32.2. The van der Waals surface area contributed by atoms with Gasteiger partial charge in [0, 0.05) is 17.8 Å². The fraction of sp³-hybridized carbons (Fsp3) is 0.286. The molecule has 1 heterocycles. The summed E-state index contributed by atoms with van der Waals surface area (Å²) in [6, 6.07) is 11.5. The summed E-state index contributed by atoms with van der Waals surface area (Å²) in [7, 11) is 0. The largest absolute Gasteiger partial charge is 0.285 e. The molecule has 1 aliphatic carbocycles. The van der Waals surface area contributed by atoms with Crippen LogP contribution in [0.1, 0.15) is 5.56 Å². The molecule has 1 aromatic rings. The molecule has 2 nitrogen and oxygen atoms in total. The van der Waals surface area contributed by atoms with Gasteiger partial charge in [-0.25, -0.2) is 0 Å².